The van der Waals surface area contributed by atoms with E-state index in [1.54, 1.807) is 28.4 Å². The Kier molecular flexibility index (Phi) is 9.99. The van der Waals surface area contributed by atoms with E-state index in [4.69, 9.17) is 18.9 Å². The molecule has 4 atom stereocenters. The summed E-state index contributed by atoms with van der Waals surface area (Å²) in [6, 6.07) is 9.78. The first-order valence-corrected chi connectivity index (χ1v) is 15.7. The fourth-order valence-electron chi connectivity index (χ4n) is 7.69. The van der Waals surface area contributed by atoms with Crippen molar-refractivity contribution < 1.29 is 18.9 Å². The van der Waals surface area contributed by atoms with Crippen molar-refractivity contribution in [3.05, 3.63) is 46.5 Å². The van der Waals surface area contributed by atoms with Gasteiger partial charge >= 0.3 is 0 Å². The summed E-state index contributed by atoms with van der Waals surface area (Å²) < 4.78 is 22.9. The van der Waals surface area contributed by atoms with Gasteiger partial charge in [0.2, 0.25) is 0 Å². The monoisotopic (exact) mass is 565 g/mol. The third-order valence-electron chi connectivity index (χ3n) is 9.94. The third kappa shape index (κ3) is 6.18. The molecule has 0 aromatic heterocycles. The van der Waals surface area contributed by atoms with Gasteiger partial charge in [0.15, 0.2) is 23.0 Å². The molecule has 2 aromatic rings. The SMILES string of the molecule is CCCNCCN1CCc2cc(OC)c(OC)cc2[C@H]1C[C@H]1CC2c3cc(OC)c(OC)cc3CCN2C[C@@H]1CC. The van der Waals surface area contributed by atoms with Crippen LogP contribution in [0.5, 0.6) is 23.0 Å². The lowest BCUT2D eigenvalue weighted by molar-refractivity contribution is 0.0309. The molecular formula is C34H51N3O4. The summed E-state index contributed by atoms with van der Waals surface area (Å²) in [6.07, 6.45) is 6.86. The Morgan fingerprint density at radius 1 is 0.756 bits per heavy atom. The molecule has 1 N–H and O–H groups in total. The largest absolute Gasteiger partial charge is 0.493 e. The Morgan fingerprint density at radius 2 is 1.37 bits per heavy atom. The van der Waals surface area contributed by atoms with Gasteiger partial charge in [0.25, 0.3) is 0 Å². The summed E-state index contributed by atoms with van der Waals surface area (Å²) >= 11 is 0. The molecule has 3 heterocycles. The number of nitrogens with one attached hydrogen (secondary N) is 1. The zero-order valence-corrected chi connectivity index (χ0v) is 26.1. The lowest BCUT2D eigenvalue weighted by atomic mass is 9.72. The molecule has 0 aliphatic carbocycles. The number of benzene rings is 2. The van der Waals surface area contributed by atoms with Crippen molar-refractivity contribution in [2.75, 3.05) is 67.7 Å². The number of hydrogen-bond donors (Lipinski definition) is 1. The van der Waals surface area contributed by atoms with Crippen molar-refractivity contribution >= 4 is 0 Å². The Bertz CT molecular complexity index is 1170. The highest BCUT2D eigenvalue weighted by Crippen LogP contribution is 2.49. The smallest absolute Gasteiger partial charge is 0.161 e. The molecule has 7 heteroatoms. The molecule has 1 unspecified atom stereocenters. The normalized spacial score (nSPS) is 24.2. The average Bonchev–Trinajstić information content (AvgIpc) is 3.01. The van der Waals surface area contributed by atoms with Gasteiger partial charge in [0, 0.05) is 44.8 Å². The Balaban J connectivity index is 1.46. The predicted octanol–water partition coefficient (Wildman–Crippen LogP) is 5.66. The molecule has 0 bridgehead atoms. The third-order valence-corrected chi connectivity index (χ3v) is 9.94. The van der Waals surface area contributed by atoms with E-state index in [2.05, 4.69) is 53.2 Å². The molecule has 3 aliphatic rings. The van der Waals surface area contributed by atoms with Gasteiger partial charge in [-0.2, -0.15) is 0 Å². The van der Waals surface area contributed by atoms with Crippen LogP contribution in [0.1, 0.15) is 73.9 Å². The van der Waals surface area contributed by atoms with Gasteiger partial charge in [-0.3, -0.25) is 9.80 Å². The fraction of sp³-hybridized carbons (Fsp3) is 0.647. The molecular weight excluding hydrogens is 514 g/mol. The zero-order valence-electron chi connectivity index (χ0n) is 26.1. The maximum atomic E-state index is 5.80. The van der Waals surface area contributed by atoms with E-state index in [-0.39, 0.29) is 0 Å². The number of methoxy groups -OCH3 is 4. The minimum Gasteiger partial charge on any atom is -0.493 e. The summed E-state index contributed by atoms with van der Waals surface area (Å²) in [4.78, 5) is 5.48. The summed E-state index contributed by atoms with van der Waals surface area (Å²) in [5.74, 6) is 4.69. The summed E-state index contributed by atoms with van der Waals surface area (Å²) in [6.45, 7) is 11.2. The first kappa shape index (κ1) is 30.0. The molecule has 1 saturated heterocycles. The van der Waals surface area contributed by atoms with Crippen LogP contribution < -0.4 is 24.3 Å². The van der Waals surface area contributed by atoms with Crippen LogP contribution in [0.25, 0.3) is 0 Å². The van der Waals surface area contributed by atoms with Crippen LogP contribution in [0.3, 0.4) is 0 Å². The van der Waals surface area contributed by atoms with E-state index < -0.39 is 0 Å². The van der Waals surface area contributed by atoms with Crippen LogP contribution in [0.4, 0.5) is 0 Å². The lowest BCUT2D eigenvalue weighted by Gasteiger charge is -2.49. The van der Waals surface area contributed by atoms with Crippen molar-refractivity contribution in [2.24, 2.45) is 11.8 Å². The molecule has 7 nitrogen and oxygen atoms in total. The second kappa shape index (κ2) is 13.7. The van der Waals surface area contributed by atoms with E-state index in [1.807, 2.05) is 0 Å². The second-order valence-corrected chi connectivity index (χ2v) is 12.0. The summed E-state index contributed by atoms with van der Waals surface area (Å²) in [5.41, 5.74) is 5.69. The number of nitrogens with zero attached hydrogens (tertiary/aromatic N) is 2. The van der Waals surface area contributed by atoms with E-state index in [0.717, 1.165) is 68.6 Å². The van der Waals surface area contributed by atoms with Crippen LogP contribution in [0, 0.1) is 11.8 Å². The average molecular weight is 566 g/mol. The minimum absolute atomic E-state index is 0.376. The highest BCUT2D eigenvalue weighted by molar-refractivity contribution is 5.51. The van der Waals surface area contributed by atoms with Crippen LogP contribution in [-0.4, -0.2) is 77.5 Å². The first-order chi connectivity index (χ1) is 20.0. The molecule has 226 valence electrons. The Labute approximate surface area is 247 Å². The quantitative estimate of drug-likeness (QED) is 0.334. The molecule has 3 aliphatic heterocycles. The number of piperidine rings is 1. The summed E-state index contributed by atoms with van der Waals surface area (Å²) in [5, 5.41) is 3.64. The molecule has 1 fully saturated rings. The van der Waals surface area contributed by atoms with Crippen molar-refractivity contribution in [2.45, 2.75) is 64.5 Å². The second-order valence-electron chi connectivity index (χ2n) is 12.0. The number of ether oxygens (including phenoxy) is 4. The Morgan fingerprint density at radius 3 is 2.00 bits per heavy atom. The van der Waals surface area contributed by atoms with Crippen LogP contribution in [0.2, 0.25) is 0 Å². The van der Waals surface area contributed by atoms with Crippen molar-refractivity contribution in [3.8, 4) is 23.0 Å². The highest BCUT2D eigenvalue weighted by atomic mass is 16.5. The minimum atomic E-state index is 0.376. The standard InChI is InChI=1S/C34H51N3O4/c1-7-11-35-12-15-36-13-9-24-18-31(38-3)33(40-5)20-27(24)29(36)16-26-17-30-28-21-34(41-6)32(39-4)19-25(28)10-14-37(30)22-23(26)8-2/h18-21,23,26,29-30,35H,7-17,22H2,1-6H3/t23-,26-,29+,30?/m0/s1. The molecule has 2 aromatic carbocycles. The lowest BCUT2D eigenvalue weighted by Crippen LogP contribution is -2.47. The molecule has 41 heavy (non-hydrogen) atoms. The van der Waals surface area contributed by atoms with Crippen LogP contribution >= 0.6 is 0 Å². The Hall–Kier alpha value is -2.48. The molecule has 0 spiro atoms. The van der Waals surface area contributed by atoms with Gasteiger partial charge in [-0.15, -0.1) is 0 Å². The number of hydrogen-bond acceptors (Lipinski definition) is 7. The predicted molar refractivity (Wildman–Crippen MR) is 165 cm³/mol. The van der Waals surface area contributed by atoms with Gasteiger partial charge in [-0.1, -0.05) is 20.3 Å². The topological polar surface area (TPSA) is 55.4 Å². The molecule has 5 rings (SSSR count). The van der Waals surface area contributed by atoms with Gasteiger partial charge in [-0.05, 0) is 97.0 Å². The van der Waals surface area contributed by atoms with Crippen LogP contribution in [-0.2, 0) is 12.8 Å². The fourth-order valence-corrected chi connectivity index (χ4v) is 7.69. The first-order valence-electron chi connectivity index (χ1n) is 15.7. The molecule has 0 saturated carbocycles. The maximum absolute atomic E-state index is 5.80. The van der Waals surface area contributed by atoms with E-state index in [0.29, 0.717) is 23.9 Å². The molecule has 0 radical (unpaired) electrons. The van der Waals surface area contributed by atoms with Crippen molar-refractivity contribution in [1.82, 2.24) is 15.1 Å². The van der Waals surface area contributed by atoms with E-state index in [1.165, 1.54) is 54.5 Å². The number of rotatable bonds is 12. The van der Waals surface area contributed by atoms with E-state index in [9.17, 15) is 0 Å². The zero-order chi connectivity index (χ0) is 28.9. The highest BCUT2D eigenvalue weighted by Gasteiger charge is 2.41. The van der Waals surface area contributed by atoms with Gasteiger partial charge in [-0.25, -0.2) is 0 Å². The van der Waals surface area contributed by atoms with Gasteiger partial charge in [0.1, 0.15) is 0 Å². The maximum Gasteiger partial charge on any atom is 0.161 e. The van der Waals surface area contributed by atoms with E-state index >= 15 is 0 Å². The van der Waals surface area contributed by atoms with Crippen molar-refractivity contribution in [3.63, 3.8) is 0 Å². The molecule has 0 amide bonds. The van der Waals surface area contributed by atoms with Crippen molar-refractivity contribution in [1.29, 1.82) is 0 Å². The number of fused-ring (bicyclic) bond motifs is 4. The van der Waals surface area contributed by atoms with Gasteiger partial charge in [0.05, 0.1) is 28.4 Å². The summed E-state index contributed by atoms with van der Waals surface area (Å²) in [7, 11) is 6.97. The van der Waals surface area contributed by atoms with Gasteiger partial charge < -0.3 is 24.3 Å². The van der Waals surface area contributed by atoms with Crippen LogP contribution in [0.15, 0.2) is 24.3 Å².